The van der Waals surface area contributed by atoms with Crippen molar-refractivity contribution in [1.82, 2.24) is 5.32 Å². The van der Waals surface area contributed by atoms with Crippen LogP contribution in [-0.2, 0) is 6.42 Å². The number of hydrogen-bond acceptors (Lipinski definition) is 6. The Kier molecular flexibility index (Phi) is 7.28. The molecule has 0 aromatic heterocycles. The molecule has 3 N–H and O–H groups in total. The molecular formula is C24H32N2O5. The second-order valence-corrected chi connectivity index (χ2v) is 8.03. The first-order valence-corrected chi connectivity index (χ1v) is 10.6. The summed E-state index contributed by atoms with van der Waals surface area (Å²) in [7, 11) is 4.53. The summed E-state index contributed by atoms with van der Waals surface area (Å²) >= 11 is 0. The van der Waals surface area contributed by atoms with Crippen LogP contribution < -0.4 is 30.0 Å². The smallest absolute Gasteiger partial charge is 0.255 e. The number of carbonyl (C=O) groups excluding carboxylic acids is 1. The molecule has 0 bridgehead atoms. The topological polar surface area (TPSA) is 92.0 Å². The number of carbonyl (C=O) groups is 1. The van der Waals surface area contributed by atoms with E-state index in [2.05, 4.69) is 12.2 Å². The Hall–Kier alpha value is -2.93. The van der Waals surface area contributed by atoms with E-state index in [1.165, 1.54) is 21.3 Å². The van der Waals surface area contributed by atoms with Crippen molar-refractivity contribution in [2.75, 3.05) is 27.9 Å². The third-order valence-electron chi connectivity index (χ3n) is 5.72. The summed E-state index contributed by atoms with van der Waals surface area (Å²) in [4.78, 5) is 13.2. The lowest BCUT2D eigenvalue weighted by atomic mass is 9.99. The summed E-state index contributed by atoms with van der Waals surface area (Å²) in [6.07, 6.45) is 4.91. The quantitative estimate of drug-likeness (QED) is 0.626. The molecule has 7 heteroatoms. The molecule has 31 heavy (non-hydrogen) atoms. The normalized spacial score (nSPS) is 14.7. The highest BCUT2D eigenvalue weighted by atomic mass is 16.5. The Balaban J connectivity index is 1.99. The molecule has 0 radical (unpaired) electrons. The Morgan fingerprint density at radius 1 is 1.00 bits per heavy atom. The third kappa shape index (κ3) is 5.05. The second-order valence-electron chi connectivity index (χ2n) is 8.03. The molecule has 1 aliphatic carbocycles. The van der Waals surface area contributed by atoms with Gasteiger partial charge in [0.15, 0.2) is 11.5 Å². The molecule has 1 saturated carbocycles. The lowest BCUT2D eigenvalue weighted by Crippen LogP contribution is -2.43. The average Bonchev–Trinajstić information content (AvgIpc) is 3.20. The Labute approximate surface area is 183 Å². The fourth-order valence-corrected chi connectivity index (χ4v) is 4.06. The van der Waals surface area contributed by atoms with Gasteiger partial charge in [-0.25, -0.2) is 0 Å². The van der Waals surface area contributed by atoms with E-state index in [1.54, 1.807) is 6.07 Å². The summed E-state index contributed by atoms with van der Waals surface area (Å²) in [5.41, 5.74) is 6.85. The van der Waals surface area contributed by atoms with Crippen LogP contribution in [0.5, 0.6) is 28.7 Å². The zero-order valence-corrected chi connectivity index (χ0v) is 18.7. The van der Waals surface area contributed by atoms with Crippen molar-refractivity contribution in [3.63, 3.8) is 0 Å². The zero-order chi connectivity index (χ0) is 22.4. The molecule has 0 heterocycles. The van der Waals surface area contributed by atoms with E-state index >= 15 is 0 Å². The number of rotatable bonds is 9. The minimum Gasteiger partial charge on any atom is -0.492 e. The fraction of sp³-hybridized carbons (Fsp3) is 0.458. The predicted octanol–water partition coefficient (Wildman–Crippen LogP) is 4.07. The first kappa shape index (κ1) is 22.7. The Morgan fingerprint density at radius 3 is 2.16 bits per heavy atom. The van der Waals surface area contributed by atoms with Crippen molar-refractivity contribution >= 4 is 5.91 Å². The summed E-state index contributed by atoms with van der Waals surface area (Å²) in [6, 6.07) is 9.29. The number of methoxy groups -OCH3 is 3. The first-order valence-electron chi connectivity index (χ1n) is 10.6. The molecule has 1 aliphatic rings. The zero-order valence-electron chi connectivity index (χ0n) is 18.7. The van der Waals surface area contributed by atoms with Crippen molar-refractivity contribution in [3.8, 4) is 28.7 Å². The Bertz CT molecular complexity index is 905. The molecular weight excluding hydrogens is 396 g/mol. The standard InChI is InChI=1S/C24H32N2O5/c1-24(12-5-6-13-24)26-23(27)18-15-19(21(29-3)22(30-4)20(18)28-2)31-17-9-7-16(8-10-17)11-14-25/h7-10,15H,5-6,11-14,25H2,1-4H3,(H,26,27). The maximum Gasteiger partial charge on any atom is 0.255 e. The van der Waals surface area contributed by atoms with Crippen molar-refractivity contribution in [2.24, 2.45) is 5.73 Å². The van der Waals surface area contributed by atoms with E-state index in [0.717, 1.165) is 37.7 Å². The number of hydrogen-bond donors (Lipinski definition) is 2. The maximum absolute atomic E-state index is 13.2. The second kappa shape index (κ2) is 9.92. The van der Waals surface area contributed by atoms with Gasteiger partial charge in [0.1, 0.15) is 5.75 Å². The van der Waals surface area contributed by atoms with Gasteiger partial charge < -0.3 is 30.0 Å². The van der Waals surface area contributed by atoms with Crippen molar-refractivity contribution in [3.05, 3.63) is 41.5 Å². The summed E-state index contributed by atoms with van der Waals surface area (Å²) in [5, 5.41) is 3.16. The van der Waals surface area contributed by atoms with Crippen molar-refractivity contribution in [2.45, 2.75) is 44.6 Å². The molecule has 0 saturated heterocycles. The van der Waals surface area contributed by atoms with Crippen LogP contribution in [0.1, 0.15) is 48.5 Å². The van der Waals surface area contributed by atoms with E-state index in [1.807, 2.05) is 24.3 Å². The molecule has 168 valence electrons. The third-order valence-corrected chi connectivity index (χ3v) is 5.72. The van der Waals surface area contributed by atoms with Gasteiger partial charge >= 0.3 is 0 Å². The molecule has 3 rings (SSSR count). The SMILES string of the molecule is COc1c(Oc2ccc(CCN)cc2)cc(C(=O)NC2(C)CCCC2)c(OC)c1OC. The van der Waals surface area contributed by atoms with Gasteiger partial charge in [-0.3, -0.25) is 4.79 Å². The number of ether oxygens (including phenoxy) is 4. The number of nitrogens with two attached hydrogens (primary N) is 1. The molecule has 2 aromatic rings. The van der Waals surface area contributed by atoms with Crippen LogP contribution in [0.3, 0.4) is 0 Å². The Morgan fingerprint density at radius 2 is 1.61 bits per heavy atom. The summed E-state index contributed by atoms with van der Waals surface area (Å²) in [5.74, 6) is 1.72. The molecule has 0 unspecified atom stereocenters. The molecule has 0 atom stereocenters. The highest BCUT2D eigenvalue weighted by Gasteiger charge is 2.33. The first-order chi connectivity index (χ1) is 14.9. The average molecular weight is 429 g/mol. The van der Waals surface area contributed by atoms with Crippen LogP contribution >= 0.6 is 0 Å². The monoisotopic (exact) mass is 428 g/mol. The molecule has 1 amide bonds. The van der Waals surface area contributed by atoms with Gasteiger partial charge in [0.25, 0.3) is 5.91 Å². The van der Waals surface area contributed by atoms with E-state index in [0.29, 0.717) is 40.9 Å². The van der Waals surface area contributed by atoms with E-state index in [9.17, 15) is 4.79 Å². The van der Waals surface area contributed by atoms with E-state index in [4.69, 9.17) is 24.7 Å². The van der Waals surface area contributed by atoms with Gasteiger partial charge in [-0.15, -0.1) is 0 Å². The maximum atomic E-state index is 13.2. The largest absolute Gasteiger partial charge is 0.492 e. The summed E-state index contributed by atoms with van der Waals surface area (Å²) in [6.45, 7) is 2.66. The minimum absolute atomic E-state index is 0.227. The lowest BCUT2D eigenvalue weighted by molar-refractivity contribution is 0.0903. The predicted molar refractivity (Wildman–Crippen MR) is 120 cm³/mol. The molecule has 1 fully saturated rings. The molecule has 2 aromatic carbocycles. The van der Waals surface area contributed by atoms with Gasteiger partial charge in [-0.05, 0) is 50.4 Å². The number of benzene rings is 2. The van der Waals surface area contributed by atoms with Crippen LogP contribution in [0.4, 0.5) is 0 Å². The summed E-state index contributed by atoms with van der Waals surface area (Å²) < 4.78 is 22.7. The van der Waals surface area contributed by atoms with Crippen LogP contribution in [0.15, 0.2) is 30.3 Å². The lowest BCUT2D eigenvalue weighted by Gasteiger charge is -2.26. The number of nitrogens with one attached hydrogen (secondary N) is 1. The van der Waals surface area contributed by atoms with Crippen LogP contribution in [0, 0.1) is 0 Å². The van der Waals surface area contributed by atoms with Gasteiger partial charge in [-0.1, -0.05) is 25.0 Å². The van der Waals surface area contributed by atoms with Gasteiger partial charge in [0.2, 0.25) is 11.5 Å². The molecule has 0 aliphatic heterocycles. The van der Waals surface area contributed by atoms with E-state index < -0.39 is 0 Å². The number of amides is 1. The molecule has 0 spiro atoms. The highest BCUT2D eigenvalue weighted by molar-refractivity contribution is 5.99. The van der Waals surface area contributed by atoms with Crippen molar-refractivity contribution in [1.29, 1.82) is 0 Å². The van der Waals surface area contributed by atoms with Crippen LogP contribution in [0.25, 0.3) is 0 Å². The van der Waals surface area contributed by atoms with Crippen LogP contribution in [-0.4, -0.2) is 39.3 Å². The van der Waals surface area contributed by atoms with Crippen LogP contribution in [0.2, 0.25) is 0 Å². The van der Waals surface area contributed by atoms with E-state index in [-0.39, 0.29) is 11.4 Å². The minimum atomic E-state index is -0.231. The van der Waals surface area contributed by atoms with Gasteiger partial charge in [-0.2, -0.15) is 0 Å². The van der Waals surface area contributed by atoms with Gasteiger partial charge in [0, 0.05) is 11.6 Å². The molecule has 7 nitrogen and oxygen atoms in total. The highest BCUT2D eigenvalue weighted by Crippen LogP contribution is 2.48. The van der Waals surface area contributed by atoms with Gasteiger partial charge in [0.05, 0.1) is 26.9 Å². The van der Waals surface area contributed by atoms with Crippen molar-refractivity contribution < 1.29 is 23.7 Å². The fourth-order valence-electron chi connectivity index (χ4n) is 4.06.